The Morgan fingerprint density at radius 1 is 1.20 bits per heavy atom. The van der Waals surface area contributed by atoms with E-state index in [0.717, 1.165) is 0 Å². The highest BCUT2D eigenvalue weighted by molar-refractivity contribution is 6.63. The van der Waals surface area contributed by atoms with Crippen LogP contribution in [0.5, 0.6) is 5.75 Å². The van der Waals surface area contributed by atoms with Crippen LogP contribution in [0.1, 0.15) is 34.6 Å². The molecule has 110 valence electrons. The van der Waals surface area contributed by atoms with Gasteiger partial charge in [-0.25, -0.2) is 4.39 Å². The molecule has 1 heterocycles. The topological polar surface area (TPSA) is 27.7 Å². The van der Waals surface area contributed by atoms with Crippen molar-refractivity contribution < 1.29 is 18.4 Å². The predicted octanol–water partition coefficient (Wildman–Crippen LogP) is 3.18. The summed E-state index contributed by atoms with van der Waals surface area (Å²) in [6, 6.07) is 2.77. The third-order valence-corrected chi connectivity index (χ3v) is 4.17. The second-order valence-corrected chi connectivity index (χ2v) is 6.20. The lowest BCUT2D eigenvalue weighted by atomic mass is 9.78. The first-order chi connectivity index (χ1) is 9.19. The van der Waals surface area contributed by atoms with Gasteiger partial charge in [0, 0.05) is 0 Å². The molecule has 0 amide bonds. The first kappa shape index (κ1) is 15.6. The van der Waals surface area contributed by atoms with Gasteiger partial charge in [0.1, 0.15) is 11.6 Å². The van der Waals surface area contributed by atoms with Gasteiger partial charge in [0.25, 0.3) is 0 Å². The zero-order valence-electron chi connectivity index (χ0n) is 12.4. The fraction of sp³-hybridized carbons (Fsp3) is 0.571. The Hall–Kier alpha value is -0.775. The van der Waals surface area contributed by atoms with Gasteiger partial charge in [-0.2, -0.15) is 0 Å². The van der Waals surface area contributed by atoms with Crippen LogP contribution in [-0.4, -0.2) is 24.9 Å². The molecule has 0 radical (unpaired) electrons. The van der Waals surface area contributed by atoms with Gasteiger partial charge in [-0.3, -0.25) is 0 Å². The fourth-order valence-electron chi connectivity index (χ4n) is 2.02. The number of ether oxygens (including phenoxy) is 1. The molecule has 0 atom stereocenters. The minimum Gasteiger partial charge on any atom is -0.493 e. The van der Waals surface area contributed by atoms with Crippen LogP contribution in [0.4, 0.5) is 4.39 Å². The third kappa shape index (κ3) is 2.54. The molecule has 1 aromatic rings. The lowest BCUT2D eigenvalue weighted by Crippen LogP contribution is -2.41. The normalized spacial score (nSPS) is 20.2. The van der Waals surface area contributed by atoms with Crippen molar-refractivity contribution in [3.63, 3.8) is 0 Å². The quantitative estimate of drug-likeness (QED) is 0.803. The van der Waals surface area contributed by atoms with Gasteiger partial charge in [-0.05, 0) is 46.8 Å². The Kier molecular flexibility index (Phi) is 4.06. The Bertz CT molecular complexity index is 503. The summed E-state index contributed by atoms with van der Waals surface area (Å²) in [7, 11) is -0.833. The van der Waals surface area contributed by atoms with Crippen LogP contribution in [0.25, 0.3) is 0 Å². The largest absolute Gasteiger partial charge is 0.501 e. The van der Waals surface area contributed by atoms with E-state index >= 15 is 0 Å². The monoisotopic (exact) mass is 300 g/mol. The predicted molar refractivity (Wildman–Crippen MR) is 78.3 cm³/mol. The second-order valence-electron chi connectivity index (χ2n) is 5.79. The van der Waals surface area contributed by atoms with Crippen LogP contribution in [-0.2, 0) is 9.31 Å². The molecule has 1 aliphatic heterocycles. The van der Waals surface area contributed by atoms with E-state index in [1.54, 1.807) is 0 Å². The summed E-state index contributed by atoms with van der Waals surface area (Å²) in [5.41, 5.74) is -0.871. The molecule has 2 rings (SSSR count). The first-order valence-corrected chi connectivity index (χ1v) is 7.03. The fourth-order valence-corrected chi connectivity index (χ4v) is 2.24. The van der Waals surface area contributed by atoms with Gasteiger partial charge in [0.2, 0.25) is 0 Å². The Morgan fingerprint density at radius 2 is 1.75 bits per heavy atom. The van der Waals surface area contributed by atoms with E-state index in [2.05, 4.69) is 0 Å². The number of benzene rings is 1. The molecule has 20 heavy (non-hydrogen) atoms. The van der Waals surface area contributed by atoms with Gasteiger partial charge in [-0.1, -0.05) is 11.6 Å². The molecular formula is C14H19BClFO3. The second kappa shape index (κ2) is 5.21. The third-order valence-electron chi connectivity index (χ3n) is 3.87. The van der Waals surface area contributed by atoms with E-state index in [-0.39, 0.29) is 11.2 Å². The minimum absolute atomic E-state index is 0.220. The van der Waals surface area contributed by atoms with Gasteiger partial charge in [0.05, 0.1) is 28.3 Å². The summed E-state index contributed by atoms with van der Waals surface area (Å²) in [5.74, 6) is -0.163. The Balaban J connectivity index is 2.46. The van der Waals surface area contributed by atoms with Crippen LogP contribution >= 0.6 is 11.6 Å². The molecule has 3 nitrogen and oxygen atoms in total. The van der Waals surface area contributed by atoms with Crippen LogP contribution in [0.2, 0.25) is 5.02 Å². The smallest absolute Gasteiger partial charge is 0.493 e. The summed E-state index contributed by atoms with van der Waals surface area (Å²) in [6.07, 6.45) is 0. The molecule has 6 heteroatoms. The summed E-state index contributed by atoms with van der Waals surface area (Å²) < 4.78 is 31.4. The molecule has 0 unspecified atom stereocenters. The summed E-state index contributed by atoms with van der Waals surface area (Å²) in [6.45, 7) is 9.85. The lowest BCUT2D eigenvalue weighted by Gasteiger charge is -2.32. The van der Waals surface area contributed by atoms with E-state index < -0.39 is 24.1 Å². The van der Waals surface area contributed by atoms with Gasteiger partial charge in [-0.15, -0.1) is 0 Å². The highest BCUT2D eigenvalue weighted by Gasteiger charge is 2.53. The molecule has 0 aliphatic carbocycles. The van der Waals surface area contributed by atoms with Crippen LogP contribution in [0, 0.1) is 5.82 Å². The van der Waals surface area contributed by atoms with Crippen molar-refractivity contribution in [2.75, 3.05) is 6.61 Å². The van der Waals surface area contributed by atoms with Crippen LogP contribution in [0.3, 0.4) is 0 Å². The average Bonchev–Trinajstić information content (AvgIpc) is 2.53. The van der Waals surface area contributed by atoms with Crippen LogP contribution < -0.4 is 10.2 Å². The molecule has 0 spiro atoms. The van der Waals surface area contributed by atoms with Crippen molar-refractivity contribution in [1.82, 2.24) is 0 Å². The molecule has 0 bridgehead atoms. The molecule has 1 fully saturated rings. The number of hydrogen-bond acceptors (Lipinski definition) is 3. The van der Waals surface area contributed by atoms with Crippen molar-refractivity contribution in [3.05, 3.63) is 23.0 Å². The number of rotatable bonds is 3. The molecule has 1 aromatic carbocycles. The zero-order valence-corrected chi connectivity index (χ0v) is 13.2. The number of hydrogen-bond donors (Lipinski definition) is 0. The lowest BCUT2D eigenvalue weighted by molar-refractivity contribution is 0.00578. The highest BCUT2D eigenvalue weighted by Crippen LogP contribution is 2.38. The van der Waals surface area contributed by atoms with Gasteiger partial charge < -0.3 is 14.0 Å². The van der Waals surface area contributed by atoms with E-state index in [9.17, 15) is 4.39 Å². The van der Waals surface area contributed by atoms with E-state index in [1.165, 1.54) is 12.1 Å². The van der Waals surface area contributed by atoms with E-state index in [1.807, 2.05) is 34.6 Å². The molecule has 1 aliphatic rings. The number of halogens is 2. The minimum atomic E-state index is -0.833. The first-order valence-electron chi connectivity index (χ1n) is 6.66. The molecule has 0 aromatic heterocycles. The van der Waals surface area contributed by atoms with E-state index in [4.69, 9.17) is 25.6 Å². The molecule has 0 N–H and O–H groups in total. The molecular weight excluding hydrogens is 281 g/mol. The highest BCUT2D eigenvalue weighted by atomic mass is 35.5. The zero-order chi connectivity index (χ0) is 15.1. The van der Waals surface area contributed by atoms with Crippen molar-refractivity contribution in [2.24, 2.45) is 0 Å². The Labute approximate surface area is 124 Å². The molecule has 0 saturated carbocycles. The summed E-state index contributed by atoms with van der Waals surface area (Å²) >= 11 is 6.10. The molecule has 1 saturated heterocycles. The van der Waals surface area contributed by atoms with Crippen molar-refractivity contribution in [2.45, 2.75) is 45.8 Å². The summed E-state index contributed by atoms with van der Waals surface area (Å²) in [5, 5.41) is 0.345. The standard InChI is InChI=1S/C14H19BClFO3/c1-6-18-12-9(16)7-8-10(17)11(12)15-19-13(2,3)14(4,5)20-15/h7-8H,6H2,1-5H3. The van der Waals surface area contributed by atoms with Crippen molar-refractivity contribution >= 4 is 24.2 Å². The average molecular weight is 301 g/mol. The van der Waals surface area contributed by atoms with Gasteiger partial charge >= 0.3 is 7.12 Å². The van der Waals surface area contributed by atoms with E-state index in [0.29, 0.717) is 11.6 Å². The summed E-state index contributed by atoms with van der Waals surface area (Å²) in [4.78, 5) is 0. The van der Waals surface area contributed by atoms with Gasteiger partial charge in [0.15, 0.2) is 0 Å². The van der Waals surface area contributed by atoms with Crippen molar-refractivity contribution in [3.8, 4) is 5.75 Å². The SMILES string of the molecule is CCOc1c(Cl)ccc(F)c1B1OC(C)(C)C(C)(C)O1. The Morgan fingerprint density at radius 3 is 2.25 bits per heavy atom. The maximum Gasteiger partial charge on any atom is 0.501 e. The van der Waals surface area contributed by atoms with Crippen molar-refractivity contribution in [1.29, 1.82) is 0 Å². The van der Waals surface area contributed by atoms with Crippen LogP contribution in [0.15, 0.2) is 12.1 Å². The maximum atomic E-state index is 14.2. The maximum absolute atomic E-state index is 14.2.